The van der Waals surface area contributed by atoms with Gasteiger partial charge in [0.15, 0.2) is 6.27 Å². The Morgan fingerprint density at radius 1 is 1.67 bits per heavy atom. The molecule has 3 nitrogen and oxygen atoms in total. The molecule has 0 unspecified atom stereocenters. The lowest BCUT2D eigenvalue weighted by Gasteiger charge is -2.06. The maximum atomic E-state index is 9.76. The molecule has 2 aliphatic heterocycles. The summed E-state index contributed by atoms with van der Waals surface area (Å²) in [6.45, 7) is -6.43. The van der Waals surface area contributed by atoms with Crippen LogP contribution in [0.15, 0.2) is 0 Å². The fraction of sp³-hybridized carbons (Fsp3) is 1.00. The fourth-order valence-electron chi connectivity index (χ4n) is 0.598. The summed E-state index contributed by atoms with van der Waals surface area (Å²) in [6, 6.07) is 0. The smallest absolute Gasteiger partial charge is 0.163 e. The molecule has 1 N–H and O–H groups in total. The Bertz CT molecular complexity index is 375. The molecule has 0 saturated carbocycles. The Kier molecular flexibility index (Phi) is 0.333. The van der Waals surface area contributed by atoms with Crippen LogP contribution >= 0.6 is 0 Å². The highest BCUT2D eigenvalue weighted by molar-refractivity contribution is 4.81. The number of fused-ring (bicyclic) bond motifs is 1. The monoisotopic (exact) mass is 139 g/mol. The van der Waals surface area contributed by atoms with Crippen LogP contribution in [0.4, 0.5) is 0 Å². The van der Waals surface area contributed by atoms with Crippen LogP contribution in [0.1, 0.15) is 18.7 Å². The molecule has 3 atom stereocenters. The molecule has 2 aliphatic rings. The summed E-state index contributed by atoms with van der Waals surface area (Å²) >= 11 is 0. The Hall–Kier alpha value is -0.120. The van der Waals surface area contributed by atoms with Crippen LogP contribution in [-0.4, -0.2) is 30.6 Å². The average Bonchev–Trinajstić information content (AvgIpc) is 2.27. The van der Waals surface area contributed by atoms with Crippen molar-refractivity contribution in [1.29, 1.82) is 0 Å². The SMILES string of the molecule is [2H]C1([2H])O[C@]2([2H])OC([2H])([2H])[C@]([2H])(O)[C@]2([2H])C1([2H])[2H]. The molecule has 0 amide bonds. The van der Waals surface area contributed by atoms with Crippen molar-refractivity contribution in [2.24, 2.45) is 5.89 Å². The lowest BCUT2D eigenvalue weighted by atomic mass is 10.0. The van der Waals surface area contributed by atoms with Crippen molar-refractivity contribution in [2.45, 2.75) is 18.7 Å². The largest absolute Gasteiger partial charge is 0.390 e. The molecule has 2 rings (SSSR count). The van der Waals surface area contributed by atoms with Crippen LogP contribution in [0.2, 0.25) is 0 Å². The van der Waals surface area contributed by atoms with Crippen LogP contribution in [0.5, 0.6) is 0 Å². The topological polar surface area (TPSA) is 38.7 Å². The predicted molar refractivity (Wildman–Crippen MR) is 29.8 cm³/mol. The van der Waals surface area contributed by atoms with E-state index >= 15 is 0 Å². The molecule has 0 aromatic carbocycles. The Labute approximate surface area is 66.2 Å². The molecule has 2 saturated heterocycles. The second-order valence-corrected chi connectivity index (χ2v) is 1.54. The van der Waals surface area contributed by atoms with Crippen molar-refractivity contribution in [2.75, 3.05) is 13.1 Å². The van der Waals surface area contributed by atoms with Crippen LogP contribution in [0.25, 0.3) is 0 Å². The minimum absolute atomic E-state index is 3.17. The van der Waals surface area contributed by atoms with E-state index in [1.165, 1.54) is 0 Å². The van der Waals surface area contributed by atoms with Gasteiger partial charge in [-0.15, -0.1) is 0 Å². The van der Waals surface area contributed by atoms with Gasteiger partial charge < -0.3 is 14.6 Å². The number of hydrogen-bond donors (Lipinski definition) is 1. The van der Waals surface area contributed by atoms with E-state index in [9.17, 15) is 5.11 Å². The average molecular weight is 139 g/mol. The number of ether oxygens (including phenoxy) is 2. The lowest BCUT2D eigenvalue weighted by Crippen LogP contribution is -2.18. The summed E-state index contributed by atoms with van der Waals surface area (Å²) in [6.07, 6.45) is -10.0. The summed E-state index contributed by atoms with van der Waals surface area (Å²) in [5.74, 6) is -3.32. The van der Waals surface area contributed by atoms with E-state index < -0.39 is 37.7 Å². The molecule has 0 aliphatic carbocycles. The van der Waals surface area contributed by atoms with Gasteiger partial charge in [0.05, 0.1) is 27.4 Å². The van der Waals surface area contributed by atoms with Gasteiger partial charge in [-0.05, 0) is 6.37 Å². The highest BCUT2D eigenvalue weighted by atomic mass is 16.7. The van der Waals surface area contributed by atoms with Crippen molar-refractivity contribution in [3.63, 3.8) is 0 Å². The van der Waals surface area contributed by atoms with E-state index in [1.54, 1.807) is 0 Å². The number of rotatable bonds is 0. The zero-order valence-corrected chi connectivity index (χ0v) is 4.26. The third-order valence-corrected chi connectivity index (χ3v) is 1.00. The number of hydrogen-bond acceptors (Lipinski definition) is 3. The second kappa shape index (κ2) is 1.94. The van der Waals surface area contributed by atoms with E-state index in [0.29, 0.717) is 0 Å². The van der Waals surface area contributed by atoms with Crippen LogP contribution in [0, 0.1) is 5.89 Å². The highest BCUT2D eigenvalue weighted by Gasteiger charge is 2.40. The summed E-state index contributed by atoms with van der Waals surface area (Å²) in [5, 5.41) is 9.76. The first kappa shape index (κ1) is 1.55. The molecule has 52 valence electrons. The molecule has 2 heterocycles. The lowest BCUT2D eigenvalue weighted by molar-refractivity contribution is -0.0907. The van der Waals surface area contributed by atoms with Gasteiger partial charge >= 0.3 is 0 Å². The molecule has 0 radical (unpaired) electrons. The molecular formula is C6H10O3. The van der Waals surface area contributed by atoms with Gasteiger partial charge in [0.1, 0.15) is 0 Å². The molecule has 0 aromatic heterocycles. The van der Waals surface area contributed by atoms with Crippen molar-refractivity contribution in [3.8, 4) is 0 Å². The minimum atomic E-state index is -3.52. The number of aliphatic hydroxyl groups is 1. The first-order valence-electron chi connectivity index (χ1n) is 6.79. The molecule has 3 heteroatoms. The van der Waals surface area contributed by atoms with Gasteiger partial charge in [-0.25, -0.2) is 0 Å². The zero-order chi connectivity index (χ0) is 14.4. The Morgan fingerprint density at radius 2 is 2.56 bits per heavy atom. The van der Waals surface area contributed by atoms with Gasteiger partial charge in [-0.1, -0.05) is 0 Å². The third kappa shape index (κ3) is 0.764. The van der Waals surface area contributed by atoms with Crippen LogP contribution in [-0.2, 0) is 9.47 Å². The Morgan fingerprint density at radius 3 is 3.33 bits per heavy atom. The van der Waals surface area contributed by atoms with Crippen LogP contribution in [0.3, 0.4) is 0 Å². The van der Waals surface area contributed by atoms with E-state index in [-0.39, 0.29) is 0 Å². The van der Waals surface area contributed by atoms with E-state index in [4.69, 9.17) is 12.3 Å². The molecule has 2 fully saturated rings. The molecule has 0 spiro atoms. The van der Waals surface area contributed by atoms with Crippen molar-refractivity contribution in [3.05, 3.63) is 0 Å². The highest BCUT2D eigenvalue weighted by Crippen LogP contribution is 2.30. The van der Waals surface area contributed by atoms with Crippen molar-refractivity contribution >= 4 is 0 Å². The van der Waals surface area contributed by atoms with Crippen molar-refractivity contribution < 1.29 is 26.9 Å². The predicted octanol–water partition coefficient (Wildman–Crippen LogP) is -0.260. The summed E-state index contributed by atoms with van der Waals surface area (Å²) < 4.78 is 75.5. The van der Waals surface area contributed by atoms with Gasteiger partial charge in [0.2, 0.25) is 0 Å². The van der Waals surface area contributed by atoms with Crippen LogP contribution < -0.4 is 0 Å². The van der Waals surface area contributed by atoms with E-state index in [2.05, 4.69) is 9.47 Å². The fourth-order valence-corrected chi connectivity index (χ4v) is 0.598. The first-order valence-corrected chi connectivity index (χ1v) is 2.29. The summed E-state index contributed by atoms with van der Waals surface area (Å²) in [5.41, 5.74) is 0. The zero-order valence-electron chi connectivity index (χ0n) is 13.3. The van der Waals surface area contributed by atoms with Gasteiger partial charge in [-0.3, -0.25) is 0 Å². The Balaban J connectivity index is 2.72. The van der Waals surface area contributed by atoms with Gasteiger partial charge in [-0.2, -0.15) is 0 Å². The van der Waals surface area contributed by atoms with E-state index in [0.717, 1.165) is 0 Å². The van der Waals surface area contributed by atoms with Gasteiger partial charge in [0.25, 0.3) is 0 Å². The summed E-state index contributed by atoms with van der Waals surface area (Å²) in [7, 11) is 0. The standard InChI is InChI=1S/C6H10O3/c7-5-3-9-6-4(5)1-2-8-6/h4-7H,1-3H2/t4-,5-,6+/m0/s1/i1D2,2D2,3D2,4D,5D,6D. The van der Waals surface area contributed by atoms with Crippen molar-refractivity contribution in [1.82, 2.24) is 0 Å². The molecule has 9 heavy (non-hydrogen) atoms. The second-order valence-electron chi connectivity index (χ2n) is 1.54. The minimum Gasteiger partial charge on any atom is -0.390 e. The normalized spacial score (nSPS) is 106. The van der Waals surface area contributed by atoms with E-state index in [1.807, 2.05) is 0 Å². The maximum Gasteiger partial charge on any atom is 0.163 e. The quantitative estimate of drug-likeness (QED) is 0.502. The first-order chi connectivity index (χ1) is 7.66. The summed E-state index contributed by atoms with van der Waals surface area (Å²) in [4.78, 5) is 0. The third-order valence-electron chi connectivity index (χ3n) is 1.00. The maximum absolute atomic E-state index is 9.76. The molecule has 0 aromatic rings. The molecule has 0 bridgehead atoms. The van der Waals surface area contributed by atoms with Gasteiger partial charge in [0, 0.05) is 10.0 Å². The molecular weight excluding hydrogens is 120 g/mol.